The number of rotatable bonds is 2. The number of nitrogens with one attached hydrogen (secondary N) is 1. The second-order valence-corrected chi connectivity index (χ2v) is 4.80. The first kappa shape index (κ1) is 11.0. The molecule has 0 radical (unpaired) electrons. The highest BCUT2D eigenvalue weighted by molar-refractivity contribution is 9.09. The maximum absolute atomic E-state index is 5.49. The highest BCUT2D eigenvalue weighted by Gasteiger charge is 2.24. The lowest BCUT2D eigenvalue weighted by Crippen LogP contribution is -2.47. The Kier molecular flexibility index (Phi) is 3.03. The molecule has 0 spiro atoms. The zero-order chi connectivity index (χ0) is 11.7. The Bertz CT molecular complexity index is 480. The molecule has 1 aliphatic rings. The quantitative estimate of drug-likeness (QED) is 0.864. The number of H-pyrrole nitrogens is 1. The predicted octanol–water partition coefficient (Wildman–Crippen LogP) is 2.16. The highest BCUT2D eigenvalue weighted by Crippen LogP contribution is 2.21. The van der Waals surface area contributed by atoms with Crippen molar-refractivity contribution in [3.8, 4) is 0 Å². The van der Waals surface area contributed by atoms with Gasteiger partial charge in [-0.05, 0) is 12.1 Å². The molecule has 1 aromatic heterocycles. The average molecular weight is 296 g/mol. The molecule has 5 heteroatoms. The lowest BCUT2D eigenvalue weighted by atomic mass is 10.3. The molecule has 0 saturated carbocycles. The van der Waals surface area contributed by atoms with E-state index >= 15 is 0 Å². The second-order valence-electron chi connectivity index (χ2n) is 4.15. The fraction of sp³-hybridized carbons (Fsp3) is 0.417. The second kappa shape index (κ2) is 4.66. The van der Waals surface area contributed by atoms with Gasteiger partial charge < -0.3 is 14.6 Å². The van der Waals surface area contributed by atoms with Crippen LogP contribution in [-0.4, -0.2) is 41.1 Å². The third kappa shape index (κ3) is 2.05. The number of anilines is 1. The monoisotopic (exact) mass is 295 g/mol. The molecule has 4 nitrogen and oxygen atoms in total. The maximum atomic E-state index is 5.49. The van der Waals surface area contributed by atoms with Gasteiger partial charge >= 0.3 is 0 Å². The van der Waals surface area contributed by atoms with Crippen molar-refractivity contribution in [2.24, 2.45) is 0 Å². The van der Waals surface area contributed by atoms with Gasteiger partial charge in [0.05, 0.1) is 30.3 Å². The fourth-order valence-corrected chi connectivity index (χ4v) is 2.67. The Balaban J connectivity index is 1.96. The molecule has 0 bridgehead atoms. The third-order valence-corrected chi connectivity index (χ3v) is 3.80. The van der Waals surface area contributed by atoms with Crippen LogP contribution < -0.4 is 4.90 Å². The number of aromatic amines is 1. The van der Waals surface area contributed by atoms with Crippen molar-refractivity contribution >= 4 is 32.9 Å². The average Bonchev–Trinajstić information content (AvgIpc) is 2.82. The normalized spacial score (nSPS) is 21.0. The standard InChI is InChI=1S/C12H14BrN3O/c13-7-9-8-17-6-5-16(9)12-14-10-3-1-2-4-11(10)15-12/h1-4,9H,5-8H2,(H,14,15). The van der Waals surface area contributed by atoms with Gasteiger partial charge in [0.15, 0.2) is 0 Å². The number of benzene rings is 1. The van der Waals surface area contributed by atoms with Crippen molar-refractivity contribution in [2.75, 3.05) is 30.0 Å². The maximum Gasteiger partial charge on any atom is 0.204 e. The molecular formula is C12H14BrN3O. The van der Waals surface area contributed by atoms with Crippen LogP contribution in [0.4, 0.5) is 5.95 Å². The number of hydrogen-bond acceptors (Lipinski definition) is 3. The van der Waals surface area contributed by atoms with Gasteiger partial charge in [-0.2, -0.15) is 0 Å². The van der Waals surface area contributed by atoms with Crippen molar-refractivity contribution in [2.45, 2.75) is 6.04 Å². The van der Waals surface area contributed by atoms with Gasteiger partial charge in [-0.1, -0.05) is 28.1 Å². The Hall–Kier alpha value is -1.07. The van der Waals surface area contributed by atoms with Gasteiger partial charge in [-0.3, -0.25) is 0 Å². The van der Waals surface area contributed by atoms with Crippen LogP contribution in [0.1, 0.15) is 0 Å². The molecule has 1 N–H and O–H groups in total. The van der Waals surface area contributed by atoms with Gasteiger partial charge in [0.1, 0.15) is 0 Å². The Morgan fingerprint density at radius 2 is 2.35 bits per heavy atom. The van der Waals surface area contributed by atoms with Crippen LogP contribution in [0, 0.1) is 0 Å². The van der Waals surface area contributed by atoms with Gasteiger partial charge in [-0.25, -0.2) is 4.98 Å². The van der Waals surface area contributed by atoms with E-state index in [1.807, 2.05) is 18.2 Å². The Morgan fingerprint density at radius 1 is 1.47 bits per heavy atom. The van der Waals surface area contributed by atoms with Gasteiger partial charge in [0.25, 0.3) is 0 Å². The first-order valence-electron chi connectivity index (χ1n) is 5.73. The summed E-state index contributed by atoms with van der Waals surface area (Å²) >= 11 is 3.53. The van der Waals surface area contributed by atoms with Crippen molar-refractivity contribution in [1.29, 1.82) is 0 Å². The van der Waals surface area contributed by atoms with E-state index in [0.717, 1.165) is 42.1 Å². The van der Waals surface area contributed by atoms with Crippen LogP contribution in [0.3, 0.4) is 0 Å². The molecule has 90 valence electrons. The summed E-state index contributed by atoms with van der Waals surface area (Å²) in [6.07, 6.45) is 0. The number of para-hydroxylation sites is 2. The number of nitrogens with zero attached hydrogens (tertiary/aromatic N) is 2. The molecule has 0 amide bonds. The van der Waals surface area contributed by atoms with Crippen LogP contribution in [0.5, 0.6) is 0 Å². The summed E-state index contributed by atoms with van der Waals surface area (Å²) in [5, 5.41) is 0.893. The number of halogens is 1. The molecule has 1 saturated heterocycles. The number of fused-ring (bicyclic) bond motifs is 1. The minimum Gasteiger partial charge on any atom is -0.377 e. The predicted molar refractivity (Wildman–Crippen MR) is 71.8 cm³/mol. The molecule has 1 fully saturated rings. The lowest BCUT2D eigenvalue weighted by molar-refractivity contribution is 0.0997. The smallest absolute Gasteiger partial charge is 0.204 e. The number of ether oxygens (including phenoxy) is 1. The molecule has 17 heavy (non-hydrogen) atoms. The third-order valence-electron chi connectivity index (χ3n) is 3.05. The van der Waals surface area contributed by atoms with E-state index in [1.165, 1.54) is 0 Å². The van der Waals surface area contributed by atoms with Crippen LogP contribution >= 0.6 is 15.9 Å². The molecule has 1 unspecified atom stereocenters. The minimum atomic E-state index is 0.351. The zero-order valence-electron chi connectivity index (χ0n) is 9.40. The van der Waals surface area contributed by atoms with Crippen molar-refractivity contribution in [3.63, 3.8) is 0 Å². The topological polar surface area (TPSA) is 41.1 Å². The number of imidazole rings is 1. The summed E-state index contributed by atoms with van der Waals surface area (Å²) in [6.45, 7) is 2.40. The molecule has 1 atom stereocenters. The SMILES string of the molecule is BrCC1COCCN1c1nc2ccccc2[nH]1. The minimum absolute atomic E-state index is 0.351. The van der Waals surface area contributed by atoms with E-state index in [-0.39, 0.29) is 0 Å². The molecule has 1 aromatic carbocycles. The van der Waals surface area contributed by atoms with Crippen LogP contribution in [0.15, 0.2) is 24.3 Å². The van der Waals surface area contributed by atoms with E-state index in [9.17, 15) is 0 Å². The van der Waals surface area contributed by atoms with E-state index in [1.54, 1.807) is 0 Å². The molecule has 0 aliphatic carbocycles. The first-order chi connectivity index (χ1) is 8.38. The molecule has 1 aliphatic heterocycles. The van der Waals surface area contributed by atoms with E-state index in [0.29, 0.717) is 6.04 Å². The molecule has 3 rings (SSSR count). The number of morpholine rings is 1. The molecule has 2 heterocycles. The Morgan fingerprint density at radius 3 is 3.18 bits per heavy atom. The summed E-state index contributed by atoms with van der Waals surface area (Å²) in [7, 11) is 0. The summed E-state index contributed by atoms with van der Waals surface area (Å²) in [6, 6.07) is 8.46. The first-order valence-corrected chi connectivity index (χ1v) is 6.86. The fourth-order valence-electron chi connectivity index (χ4n) is 2.14. The largest absolute Gasteiger partial charge is 0.377 e. The van der Waals surface area contributed by atoms with E-state index in [4.69, 9.17) is 4.74 Å². The molecular weight excluding hydrogens is 282 g/mol. The van der Waals surface area contributed by atoms with E-state index in [2.05, 4.69) is 36.9 Å². The van der Waals surface area contributed by atoms with Crippen LogP contribution in [-0.2, 0) is 4.74 Å². The van der Waals surface area contributed by atoms with Gasteiger partial charge in [0, 0.05) is 11.9 Å². The Labute approximate surface area is 108 Å². The molecule has 2 aromatic rings. The highest BCUT2D eigenvalue weighted by atomic mass is 79.9. The lowest BCUT2D eigenvalue weighted by Gasteiger charge is -2.34. The van der Waals surface area contributed by atoms with E-state index < -0.39 is 0 Å². The number of alkyl halides is 1. The van der Waals surface area contributed by atoms with Crippen LogP contribution in [0.25, 0.3) is 11.0 Å². The van der Waals surface area contributed by atoms with Crippen molar-refractivity contribution in [3.05, 3.63) is 24.3 Å². The summed E-state index contributed by atoms with van der Waals surface area (Å²) in [4.78, 5) is 10.3. The number of hydrogen-bond donors (Lipinski definition) is 1. The van der Waals surface area contributed by atoms with Gasteiger partial charge in [0.2, 0.25) is 5.95 Å². The van der Waals surface area contributed by atoms with Gasteiger partial charge in [-0.15, -0.1) is 0 Å². The van der Waals surface area contributed by atoms with Crippen LogP contribution in [0.2, 0.25) is 0 Å². The zero-order valence-corrected chi connectivity index (χ0v) is 11.0. The summed E-state index contributed by atoms with van der Waals surface area (Å²) < 4.78 is 5.49. The summed E-state index contributed by atoms with van der Waals surface area (Å²) in [5.74, 6) is 0.943. The van der Waals surface area contributed by atoms with Crippen molar-refractivity contribution < 1.29 is 4.74 Å². The van der Waals surface area contributed by atoms with Crippen molar-refractivity contribution in [1.82, 2.24) is 9.97 Å². The number of aromatic nitrogens is 2. The summed E-state index contributed by atoms with van der Waals surface area (Å²) in [5.41, 5.74) is 2.10.